The van der Waals surface area contributed by atoms with Crippen LogP contribution in [0, 0.1) is 31.6 Å². The lowest BCUT2D eigenvalue weighted by Gasteiger charge is -2.57. The third kappa shape index (κ3) is 3.74. The molecule has 0 spiro atoms. The average Bonchev–Trinajstić information content (AvgIpc) is 2.94. The maximum absolute atomic E-state index is 12.9. The van der Waals surface area contributed by atoms with Crippen molar-refractivity contribution >= 4 is 17.8 Å². The highest BCUT2D eigenvalue weighted by Gasteiger charge is 2.51. The molecule has 30 heavy (non-hydrogen) atoms. The van der Waals surface area contributed by atoms with Crippen LogP contribution in [0.25, 0.3) is 0 Å². The second-order valence-electron chi connectivity index (χ2n) is 9.58. The first kappa shape index (κ1) is 20.9. The summed E-state index contributed by atoms with van der Waals surface area (Å²) >= 11 is 0. The number of ether oxygens (including phenoxy) is 2. The van der Waals surface area contributed by atoms with Crippen molar-refractivity contribution in [2.45, 2.75) is 77.9 Å². The van der Waals surface area contributed by atoms with Crippen LogP contribution in [0.2, 0.25) is 0 Å². The van der Waals surface area contributed by atoms with E-state index in [9.17, 15) is 14.4 Å². The molecule has 2 N–H and O–H groups in total. The van der Waals surface area contributed by atoms with E-state index in [2.05, 4.69) is 10.3 Å². The first-order valence-corrected chi connectivity index (χ1v) is 11.1. The minimum atomic E-state index is -0.903. The monoisotopic (exact) mass is 416 g/mol. The van der Waals surface area contributed by atoms with E-state index in [-0.39, 0.29) is 23.7 Å². The minimum Gasteiger partial charge on any atom is -0.462 e. The second-order valence-corrected chi connectivity index (χ2v) is 9.58. The summed E-state index contributed by atoms with van der Waals surface area (Å²) in [6.45, 7) is 6.97. The van der Waals surface area contributed by atoms with E-state index in [0.717, 1.165) is 37.0 Å². The van der Waals surface area contributed by atoms with Gasteiger partial charge in [-0.25, -0.2) is 9.59 Å². The number of hydrogen-bond acceptors (Lipinski definition) is 5. The van der Waals surface area contributed by atoms with E-state index in [0.29, 0.717) is 16.8 Å². The summed E-state index contributed by atoms with van der Waals surface area (Å²) in [6.07, 6.45) is 6.13. The molecule has 4 fully saturated rings. The standard InChI is InChI=1S/C23H32N2O5/c1-5-29-21(27)18-12(2)19(24-13(18)3)22(28)30-14(4)20(26)25-23-9-15-6-16(10-23)8-17(7-15)11-23/h14-17,24H,5-11H2,1-4H3,(H,25,26)/t14-,15?,16?,17?,23?/m0/s1. The lowest BCUT2D eigenvalue weighted by molar-refractivity contribution is -0.134. The van der Waals surface area contributed by atoms with Gasteiger partial charge in [-0.2, -0.15) is 0 Å². The van der Waals surface area contributed by atoms with Crippen LogP contribution in [-0.4, -0.2) is 41.1 Å². The number of aryl methyl sites for hydroxylation is 1. The molecule has 0 saturated heterocycles. The molecule has 1 amide bonds. The van der Waals surface area contributed by atoms with Crippen LogP contribution >= 0.6 is 0 Å². The largest absolute Gasteiger partial charge is 0.462 e. The summed E-state index contributed by atoms with van der Waals surface area (Å²) in [6, 6.07) is 0. The summed E-state index contributed by atoms with van der Waals surface area (Å²) in [5, 5.41) is 3.25. The molecule has 0 unspecified atom stereocenters. The van der Waals surface area contributed by atoms with Crippen LogP contribution in [0.1, 0.15) is 84.5 Å². The zero-order chi connectivity index (χ0) is 21.6. The number of aromatic nitrogens is 1. The lowest BCUT2D eigenvalue weighted by Crippen LogP contribution is -2.61. The molecule has 0 aliphatic heterocycles. The van der Waals surface area contributed by atoms with Crippen molar-refractivity contribution in [2.24, 2.45) is 17.8 Å². The van der Waals surface area contributed by atoms with Crippen molar-refractivity contribution in [3.05, 3.63) is 22.5 Å². The molecule has 4 bridgehead atoms. The molecular weight excluding hydrogens is 384 g/mol. The second kappa shape index (κ2) is 7.75. The van der Waals surface area contributed by atoms with Crippen LogP contribution < -0.4 is 5.32 Å². The summed E-state index contributed by atoms with van der Waals surface area (Å²) in [5.74, 6) is 0.812. The molecule has 1 aromatic heterocycles. The third-order valence-electron chi connectivity index (χ3n) is 7.20. The number of esters is 2. The average molecular weight is 417 g/mol. The Morgan fingerprint density at radius 3 is 2.17 bits per heavy atom. The fraction of sp³-hybridized carbons (Fsp3) is 0.696. The van der Waals surface area contributed by atoms with Crippen molar-refractivity contribution in [1.82, 2.24) is 10.3 Å². The van der Waals surface area contributed by atoms with Crippen LogP contribution in [0.5, 0.6) is 0 Å². The number of hydrogen-bond donors (Lipinski definition) is 2. The van der Waals surface area contributed by atoms with Gasteiger partial charge in [-0.15, -0.1) is 0 Å². The van der Waals surface area contributed by atoms with Crippen LogP contribution in [0.4, 0.5) is 0 Å². The van der Waals surface area contributed by atoms with Gasteiger partial charge in [0.15, 0.2) is 6.10 Å². The molecule has 7 heteroatoms. The number of nitrogens with one attached hydrogen (secondary N) is 2. The molecule has 4 aliphatic carbocycles. The SMILES string of the molecule is CCOC(=O)c1c(C)[nH]c(C(=O)O[C@@H](C)C(=O)NC23CC4CC(CC(C4)C2)C3)c1C. The molecule has 0 radical (unpaired) electrons. The molecule has 1 aromatic rings. The van der Waals surface area contributed by atoms with E-state index < -0.39 is 18.0 Å². The molecule has 4 aliphatic rings. The Morgan fingerprint density at radius 2 is 1.63 bits per heavy atom. The molecular formula is C23H32N2O5. The molecule has 164 valence electrons. The maximum Gasteiger partial charge on any atom is 0.355 e. The smallest absolute Gasteiger partial charge is 0.355 e. The van der Waals surface area contributed by atoms with Gasteiger partial charge in [0.25, 0.3) is 5.91 Å². The highest BCUT2D eigenvalue weighted by atomic mass is 16.5. The van der Waals surface area contributed by atoms with Gasteiger partial charge in [-0.3, -0.25) is 4.79 Å². The zero-order valence-corrected chi connectivity index (χ0v) is 18.3. The minimum absolute atomic E-state index is 0.123. The Kier molecular flexibility index (Phi) is 5.41. The molecule has 5 rings (SSSR count). The fourth-order valence-corrected chi connectivity index (χ4v) is 6.36. The number of H-pyrrole nitrogens is 1. The highest BCUT2D eigenvalue weighted by molar-refractivity contribution is 5.99. The topological polar surface area (TPSA) is 97.5 Å². The van der Waals surface area contributed by atoms with Gasteiger partial charge < -0.3 is 19.8 Å². The summed E-state index contributed by atoms with van der Waals surface area (Å²) in [7, 11) is 0. The van der Waals surface area contributed by atoms with Gasteiger partial charge in [0.1, 0.15) is 5.69 Å². The van der Waals surface area contributed by atoms with E-state index >= 15 is 0 Å². The molecule has 1 heterocycles. The highest BCUT2D eigenvalue weighted by Crippen LogP contribution is 2.55. The Hall–Kier alpha value is -2.31. The fourth-order valence-electron chi connectivity index (χ4n) is 6.36. The van der Waals surface area contributed by atoms with Crippen molar-refractivity contribution in [1.29, 1.82) is 0 Å². The number of carbonyl (C=O) groups excluding carboxylic acids is 3. The number of carbonyl (C=O) groups is 3. The van der Waals surface area contributed by atoms with Gasteiger partial charge >= 0.3 is 11.9 Å². The van der Waals surface area contributed by atoms with Crippen LogP contribution in [0.3, 0.4) is 0 Å². The Morgan fingerprint density at radius 1 is 1.07 bits per heavy atom. The predicted molar refractivity (Wildman–Crippen MR) is 110 cm³/mol. The molecule has 1 atom stereocenters. The normalized spacial score (nSPS) is 30.1. The van der Waals surface area contributed by atoms with Gasteiger partial charge in [0.05, 0.1) is 12.2 Å². The summed E-state index contributed by atoms with van der Waals surface area (Å²) in [4.78, 5) is 40.6. The molecule has 7 nitrogen and oxygen atoms in total. The van der Waals surface area contributed by atoms with Crippen LogP contribution in [0.15, 0.2) is 0 Å². The van der Waals surface area contributed by atoms with Gasteiger partial charge in [-0.05, 0) is 89.5 Å². The Labute approximate surface area is 177 Å². The quantitative estimate of drug-likeness (QED) is 0.693. The Bertz CT molecular complexity index is 836. The van der Waals surface area contributed by atoms with Crippen molar-refractivity contribution in [3.63, 3.8) is 0 Å². The van der Waals surface area contributed by atoms with Gasteiger partial charge in [0, 0.05) is 11.2 Å². The number of aromatic amines is 1. The lowest BCUT2D eigenvalue weighted by atomic mass is 9.53. The Balaban J connectivity index is 1.41. The van der Waals surface area contributed by atoms with Crippen molar-refractivity contribution in [3.8, 4) is 0 Å². The summed E-state index contributed by atoms with van der Waals surface area (Å²) < 4.78 is 10.5. The van der Waals surface area contributed by atoms with Crippen molar-refractivity contribution in [2.75, 3.05) is 6.61 Å². The first-order chi connectivity index (χ1) is 14.2. The van der Waals surface area contributed by atoms with E-state index in [1.807, 2.05) is 0 Å². The zero-order valence-electron chi connectivity index (χ0n) is 18.3. The van der Waals surface area contributed by atoms with E-state index in [1.165, 1.54) is 19.3 Å². The summed E-state index contributed by atoms with van der Waals surface area (Å²) in [5.41, 5.74) is 1.43. The molecule has 4 saturated carbocycles. The maximum atomic E-state index is 12.9. The number of rotatable bonds is 6. The van der Waals surface area contributed by atoms with E-state index in [1.54, 1.807) is 27.7 Å². The first-order valence-electron chi connectivity index (χ1n) is 11.1. The van der Waals surface area contributed by atoms with Gasteiger partial charge in [0.2, 0.25) is 0 Å². The third-order valence-corrected chi connectivity index (χ3v) is 7.20. The van der Waals surface area contributed by atoms with Gasteiger partial charge in [-0.1, -0.05) is 0 Å². The van der Waals surface area contributed by atoms with Crippen molar-refractivity contribution < 1.29 is 23.9 Å². The van der Waals surface area contributed by atoms with Crippen LogP contribution in [-0.2, 0) is 14.3 Å². The predicted octanol–water partition coefficient (Wildman–Crippen LogP) is 3.44. The van der Waals surface area contributed by atoms with E-state index in [4.69, 9.17) is 9.47 Å². The molecule has 0 aromatic carbocycles. The number of amides is 1.